The smallest absolute Gasteiger partial charge is 0.254 e. The average Bonchev–Trinajstić information content (AvgIpc) is 2.68. The van der Waals surface area contributed by atoms with Crippen LogP contribution in [0.2, 0.25) is 0 Å². The summed E-state index contributed by atoms with van der Waals surface area (Å²) in [7, 11) is 0. The zero-order valence-corrected chi connectivity index (χ0v) is 14.5. The van der Waals surface area contributed by atoms with Gasteiger partial charge in [-0.2, -0.15) is 5.10 Å². The molecule has 6 heteroatoms. The zero-order chi connectivity index (χ0) is 19.1. The molecule has 136 valence electrons. The van der Waals surface area contributed by atoms with Crippen molar-refractivity contribution in [2.75, 3.05) is 6.54 Å². The summed E-state index contributed by atoms with van der Waals surface area (Å²) in [5, 5.41) is 8.60. The van der Waals surface area contributed by atoms with Crippen molar-refractivity contribution in [3.63, 3.8) is 0 Å². The van der Waals surface area contributed by atoms with Gasteiger partial charge in [-0.1, -0.05) is 54.6 Å². The van der Waals surface area contributed by atoms with Crippen molar-refractivity contribution in [3.8, 4) is 0 Å². The number of rotatable bonds is 6. The number of nitrogens with one attached hydrogen (secondary N) is 2. The number of carbonyl (C=O) groups excluding carboxylic acids is 2. The SMILES string of the molecule is O=C(CCNC(=O)c1ccccc1F)NN=Cc1cccc2ccccc12. The lowest BCUT2D eigenvalue weighted by Gasteiger charge is -2.05. The molecule has 2 N–H and O–H groups in total. The summed E-state index contributed by atoms with van der Waals surface area (Å²) >= 11 is 0. The van der Waals surface area contributed by atoms with Crippen LogP contribution in [0.15, 0.2) is 71.8 Å². The molecule has 0 aliphatic carbocycles. The largest absolute Gasteiger partial charge is 0.351 e. The molecular formula is C21H18FN3O2. The maximum Gasteiger partial charge on any atom is 0.254 e. The van der Waals surface area contributed by atoms with Gasteiger partial charge < -0.3 is 5.32 Å². The minimum atomic E-state index is -0.598. The Morgan fingerprint density at radius 1 is 0.963 bits per heavy atom. The number of hydrogen-bond donors (Lipinski definition) is 2. The lowest BCUT2D eigenvalue weighted by Crippen LogP contribution is -2.29. The van der Waals surface area contributed by atoms with Gasteiger partial charge in [-0.15, -0.1) is 0 Å². The molecule has 0 bridgehead atoms. The van der Waals surface area contributed by atoms with E-state index < -0.39 is 11.7 Å². The van der Waals surface area contributed by atoms with E-state index in [1.54, 1.807) is 12.3 Å². The van der Waals surface area contributed by atoms with Gasteiger partial charge in [0.05, 0.1) is 11.8 Å². The van der Waals surface area contributed by atoms with Crippen LogP contribution in [-0.2, 0) is 4.79 Å². The van der Waals surface area contributed by atoms with Crippen molar-refractivity contribution in [1.29, 1.82) is 0 Å². The number of fused-ring (bicyclic) bond motifs is 1. The Bertz CT molecular complexity index is 996. The highest BCUT2D eigenvalue weighted by atomic mass is 19.1. The molecule has 0 aliphatic rings. The molecule has 0 fully saturated rings. The molecule has 0 radical (unpaired) electrons. The standard InChI is InChI=1S/C21H18FN3O2/c22-19-11-4-3-10-18(19)21(27)23-13-12-20(26)25-24-14-16-8-5-7-15-6-1-2-9-17(15)16/h1-11,14H,12-13H2,(H,23,27)(H,25,26). The highest BCUT2D eigenvalue weighted by molar-refractivity contribution is 6.00. The summed E-state index contributed by atoms with van der Waals surface area (Å²) in [6.07, 6.45) is 1.62. The summed E-state index contributed by atoms with van der Waals surface area (Å²) < 4.78 is 13.5. The van der Waals surface area contributed by atoms with E-state index in [2.05, 4.69) is 15.8 Å². The number of carbonyl (C=O) groups is 2. The van der Waals surface area contributed by atoms with Crippen LogP contribution in [-0.4, -0.2) is 24.6 Å². The van der Waals surface area contributed by atoms with Gasteiger partial charge in [0.1, 0.15) is 5.82 Å². The number of benzene rings is 3. The Morgan fingerprint density at radius 3 is 2.56 bits per heavy atom. The van der Waals surface area contributed by atoms with E-state index in [-0.39, 0.29) is 24.4 Å². The second-order valence-electron chi connectivity index (χ2n) is 5.85. The van der Waals surface area contributed by atoms with Gasteiger partial charge in [-0.25, -0.2) is 9.82 Å². The molecule has 0 saturated carbocycles. The van der Waals surface area contributed by atoms with Crippen molar-refractivity contribution in [3.05, 3.63) is 83.7 Å². The fraction of sp³-hybridized carbons (Fsp3) is 0.0952. The van der Waals surface area contributed by atoms with E-state index in [9.17, 15) is 14.0 Å². The number of halogens is 1. The third-order valence-electron chi connectivity index (χ3n) is 3.97. The second-order valence-corrected chi connectivity index (χ2v) is 5.85. The highest BCUT2D eigenvalue weighted by Gasteiger charge is 2.10. The minimum Gasteiger partial charge on any atom is -0.351 e. The number of amides is 2. The summed E-state index contributed by atoms with van der Waals surface area (Å²) in [4.78, 5) is 23.7. The lowest BCUT2D eigenvalue weighted by molar-refractivity contribution is -0.120. The van der Waals surface area contributed by atoms with Crippen LogP contribution in [0.4, 0.5) is 4.39 Å². The van der Waals surface area contributed by atoms with Crippen molar-refractivity contribution < 1.29 is 14.0 Å². The average molecular weight is 363 g/mol. The van der Waals surface area contributed by atoms with Gasteiger partial charge in [-0.3, -0.25) is 9.59 Å². The summed E-state index contributed by atoms with van der Waals surface area (Å²) in [5.41, 5.74) is 3.27. The predicted molar refractivity (Wildman–Crippen MR) is 103 cm³/mol. The van der Waals surface area contributed by atoms with E-state index >= 15 is 0 Å². The second kappa shape index (κ2) is 8.71. The molecule has 0 heterocycles. The number of hydrazone groups is 1. The zero-order valence-electron chi connectivity index (χ0n) is 14.5. The quantitative estimate of drug-likeness (QED) is 0.521. The van der Waals surface area contributed by atoms with Gasteiger partial charge >= 0.3 is 0 Å². The highest BCUT2D eigenvalue weighted by Crippen LogP contribution is 2.16. The molecule has 0 aromatic heterocycles. The van der Waals surface area contributed by atoms with Crippen molar-refractivity contribution in [2.24, 2.45) is 5.10 Å². The molecule has 0 unspecified atom stereocenters. The Morgan fingerprint density at radius 2 is 1.70 bits per heavy atom. The summed E-state index contributed by atoms with van der Waals surface area (Å²) in [5.74, 6) is -1.50. The van der Waals surface area contributed by atoms with E-state index in [1.807, 2.05) is 42.5 Å². The van der Waals surface area contributed by atoms with Crippen molar-refractivity contribution >= 4 is 28.8 Å². The maximum absolute atomic E-state index is 13.5. The molecule has 3 aromatic rings. The molecule has 0 atom stereocenters. The van der Waals surface area contributed by atoms with E-state index in [1.165, 1.54) is 18.2 Å². The van der Waals surface area contributed by atoms with Crippen LogP contribution >= 0.6 is 0 Å². The molecule has 0 saturated heterocycles. The first-order chi connectivity index (χ1) is 13.1. The molecule has 27 heavy (non-hydrogen) atoms. The molecule has 0 spiro atoms. The first kappa shape index (κ1) is 18.3. The van der Waals surface area contributed by atoms with Gasteiger partial charge in [0.25, 0.3) is 5.91 Å². The molecule has 5 nitrogen and oxygen atoms in total. The van der Waals surface area contributed by atoms with Crippen LogP contribution in [0.5, 0.6) is 0 Å². The van der Waals surface area contributed by atoms with Gasteiger partial charge in [0, 0.05) is 18.5 Å². The Balaban J connectivity index is 1.49. The Hall–Kier alpha value is -3.54. The van der Waals surface area contributed by atoms with E-state index in [0.717, 1.165) is 16.3 Å². The fourth-order valence-electron chi connectivity index (χ4n) is 2.62. The molecular weight excluding hydrogens is 345 g/mol. The van der Waals surface area contributed by atoms with Crippen LogP contribution in [0.1, 0.15) is 22.3 Å². The molecule has 3 aromatic carbocycles. The van der Waals surface area contributed by atoms with Crippen LogP contribution < -0.4 is 10.7 Å². The number of hydrogen-bond acceptors (Lipinski definition) is 3. The van der Waals surface area contributed by atoms with Crippen LogP contribution in [0.25, 0.3) is 10.8 Å². The normalized spacial score (nSPS) is 10.9. The summed E-state index contributed by atoms with van der Waals surface area (Å²) in [6.45, 7) is 0.0861. The summed E-state index contributed by atoms with van der Waals surface area (Å²) in [6, 6.07) is 19.4. The first-order valence-electron chi connectivity index (χ1n) is 8.47. The maximum atomic E-state index is 13.5. The van der Waals surface area contributed by atoms with Gasteiger partial charge in [0.15, 0.2) is 0 Å². The van der Waals surface area contributed by atoms with Gasteiger partial charge in [0.2, 0.25) is 5.91 Å². The van der Waals surface area contributed by atoms with E-state index in [4.69, 9.17) is 0 Å². The van der Waals surface area contributed by atoms with Crippen molar-refractivity contribution in [2.45, 2.75) is 6.42 Å². The predicted octanol–water partition coefficient (Wildman–Crippen LogP) is 3.25. The topological polar surface area (TPSA) is 70.6 Å². The lowest BCUT2D eigenvalue weighted by atomic mass is 10.1. The van der Waals surface area contributed by atoms with Gasteiger partial charge in [-0.05, 0) is 22.9 Å². The Labute approximate surface area is 155 Å². The molecule has 3 rings (SSSR count). The number of nitrogens with zero attached hydrogens (tertiary/aromatic N) is 1. The third-order valence-corrected chi connectivity index (χ3v) is 3.97. The van der Waals surface area contributed by atoms with Crippen LogP contribution in [0.3, 0.4) is 0 Å². The monoisotopic (exact) mass is 363 g/mol. The van der Waals surface area contributed by atoms with Crippen LogP contribution in [0, 0.1) is 5.82 Å². The van der Waals surface area contributed by atoms with E-state index in [0.29, 0.717) is 0 Å². The molecule has 0 aliphatic heterocycles. The Kier molecular flexibility index (Phi) is 5.89. The first-order valence-corrected chi connectivity index (χ1v) is 8.47. The van der Waals surface area contributed by atoms with Crippen molar-refractivity contribution in [1.82, 2.24) is 10.7 Å². The molecule has 2 amide bonds. The fourth-order valence-corrected chi connectivity index (χ4v) is 2.62. The third kappa shape index (κ3) is 4.76. The minimum absolute atomic E-state index is 0.0348.